The van der Waals surface area contributed by atoms with Crippen LogP contribution in [0.2, 0.25) is 0 Å². The number of halogens is 1. The van der Waals surface area contributed by atoms with Crippen molar-refractivity contribution in [1.82, 2.24) is 0 Å². The van der Waals surface area contributed by atoms with Crippen LogP contribution in [0.25, 0.3) is 0 Å². The van der Waals surface area contributed by atoms with Gasteiger partial charge in [-0.3, -0.25) is 4.79 Å². The average Bonchev–Trinajstić information content (AvgIpc) is 1.99. The number of carbonyl (C=O) groups is 2. The SMILES string of the molecule is COC(=O)CC[C@@H](Cl)C=O. The van der Waals surface area contributed by atoms with Crippen LogP contribution < -0.4 is 0 Å². The highest BCUT2D eigenvalue weighted by molar-refractivity contribution is 6.27. The Balaban J connectivity index is 3.34. The van der Waals surface area contributed by atoms with Crippen LogP contribution in [0.3, 0.4) is 0 Å². The van der Waals surface area contributed by atoms with E-state index in [4.69, 9.17) is 11.6 Å². The largest absolute Gasteiger partial charge is 0.469 e. The smallest absolute Gasteiger partial charge is 0.305 e. The lowest BCUT2D eigenvalue weighted by Gasteiger charge is -1.98. The van der Waals surface area contributed by atoms with Gasteiger partial charge in [-0.25, -0.2) is 0 Å². The maximum Gasteiger partial charge on any atom is 0.305 e. The van der Waals surface area contributed by atoms with E-state index >= 15 is 0 Å². The van der Waals surface area contributed by atoms with Crippen LogP contribution in [0.1, 0.15) is 12.8 Å². The van der Waals surface area contributed by atoms with Crippen molar-refractivity contribution < 1.29 is 14.3 Å². The highest BCUT2D eigenvalue weighted by atomic mass is 35.5. The Morgan fingerprint density at radius 1 is 1.80 bits per heavy atom. The van der Waals surface area contributed by atoms with E-state index in [0.717, 1.165) is 0 Å². The highest BCUT2D eigenvalue weighted by Crippen LogP contribution is 2.02. The quantitative estimate of drug-likeness (QED) is 0.350. The number of rotatable bonds is 4. The standard InChI is InChI=1S/C6H9ClO3/c1-10-6(9)3-2-5(7)4-8/h4-5H,2-3H2,1H3/t5-/m1/s1. The molecule has 0 spiro atoms. The van der Waals surface area contributed by atoms with Crippen molar-refractivity contribution in [3.05, 3.63) is 0 Å². The molecule has 4 heteroatoms. The predicted octanol–water partition coefficient (Wildman–Crippen LogP) is 0.746. The normalized spacial score (nSPS) is 12.2. The molecule has 0 aliphatic carbocycles. The number of hydrogen-bond donors (Lipinski definition) is 0. The molecule has 0 rings (SSSR count). The third-order valence-electron chi connectivity index (χ3n) is 1.000. The van der Waals surface area contributed by atoms with Gasteiger partial charge in [-0.15, -0.1) is 11.6 Å². The van der Waals surface area contributed by atoms with E-state index in [1.807, 2.05) is 0 Å². The van der Waals surface area contributed by atoms with Crippen molar-refractivity contribution in [2.75, 3.05) is 7.11 Å². The molecule has 0 saturated carbocycles. The monoisotopic (exact) mass is 164 g/mol. The fourth-order valence-electron chi connectivity index (χ4n) is 0.426. The first kappa shape index (κ1) is 9.43. The molecule has 0 aromatic carbocycles. The maximum absolute atomic E-state index is 10.4. The number of esters is 1. The second-order valence-corrected chi connectivity index (χ2v) is 2.33. The molecule has 0 amide bonds. The van der Waals surface area contributed by atoms with Crippen LogP contribution in [-0.2, 0) is 14.3 Å². The third kappa shape index (κ3) is 4.32. The molecule has 0 unspecified atom stereocenters. The first-order valence-electron chi connectivity index (χ1n) is 2.87. The zero-order chi connectivity index (χ0) is 7.98. The van der Waals surface area contributed by atoms with Crippen LogP contribution in [0.5, 0.6) is 0 Å². The zero-order valence-corrected chi connectivity index (χ0v) is 6.43. The molecule has 58 valence electrons. The van der Waals surface area contributed by atoms with Gasteiger partial charge in [0.15, 0.2) is 0 Å². The van der Waals surface area contributed by atoms with E-state index < -0.39 is 5.38 Å². The Hall–Kier alpha value is -0.570. The van der Waals surface area contributed by atoms with Crippen molar-refractivity contribution in [2.45, 2.75) is 18.2 Å². The summed E-state index contributed by atoms with van der Waals surface area (Å²) in [5.41, 5.74) is 0. The minimum absolute atomic E-state index is 0.198. The van der Waals surface area contributed by atoms with Crippen molar-refractivity contribution in [2.24, 2.45) is 0 Å². The average molecular weight is 165 g/mol. The highest BCUT2D eigenvalue weighted by Gasteiger charge is 2.05. The van der Waals surface area contributed by atoms with Gasteiger partial charge in [0, 0.05) is 6.42 Å². The molecule has 3 nitrogen and oxygen atoms in total. The number of carbonyl (C=O) groups excluding carboxylic acids is 2. The van der Waals surface area contributed by atoms with E-state index in [1.54, 1.807) is 0 Å². The van der Waals surface area contributed by atoms with Crippen LogP contribution in [0.15, 0.2) is 0 Å². The second-order valence-electron chi connectivity index (χ2n) is 1.77. The van der Waals surface area contributed by atoms with Gasteiger partial charge < -0.3 is 9.53 Å². The van der Waals surface area contributed by atoms with Crippen LogP contribution in [0.4, 0.5) is 0 Å². The number of methoxy groups -OCH3 is 1. The number of hydrogen-bond acceptors (Lipinski definition) is 3. The Morgan fingerprint density at radius 3 is 2.80 bits per heavy atom. The molecule has 0 heterocycles. The van der Waals surface area contributed by atoms with Gasteiger partial charge in [0.05, 0.1) is 12.5 Å². The molecule has 0 saturated heterocycles. The molecule has 0 aromatic heterocycles. The predicted molar refractivity (Wildman–Crippen MR) is 37.0 cm³/mol. The van der Waals surface area contributed by atoms with Gasteiger partial charge in [-0.1, -0.05) is 0 Å². The topological polar surface area (TPSA) is 43.4 Å². The molecular weight excluding hydrogens is 156 g/mol. The summed E-state index contributed by atoms with van der Waals surface area (Å²) in [5, 5.41) is -0.570. The minimum atomic E-state index is -0.570. The Bertz CT molecular complexity index is 124. The fourth-order valence-corrected chi connectivity index (χ4v) is 0.535. The molecule has 0 bridgehead atoms. The summed E-state index contributed by atoms with van der Waals surface area (Å²) < 4.78 is 4.33. The molecule has 0 aliphatic rings. The third-order valence-corrected chi connectivity index (χ3v) is 1.32. The van der Waals surface area contributed by atoms with E-state index in [1.165, 1.54) is 7.11 Å². The Labute approximate surface area is 64.3 Å². The van der Waals surface area contributed by atoms with Gasteiger partial charge >= 0.3 is 5.97 Å². The lowest BCUT2D eigenvalue weighted by atomic mass is 10.2. The van der Waals surface area contributed by atoms with E-state index in [9.17, 15) is 9.59 Å². The molecule has 0 N–H and O–H groups in total. The number of alkyl halides is 1. The van der Waals surface area contributed by atoms with Crippen LogP contribution in [0, 0.1) is 0 Å². The van der Waals surface area contributed by atoms with Gasteiger partial charge in [-0.05, 0) is 6.42 Å². The molecule has 10 heavy (non-hydrogen) atoms. The summed E-state index contributed by atoms with van der Waals surface area (Å²) >= 11 is 5.39. The molecule has 0 radical (unpaired) electrons. The summed E-state index contributed by atoms with van der Waals surface area (Å²) in [6, 6.07) is 0. The number of ether oxygens (including phenoxy) is 1. The molecule has 0 aliphatic heterocycles. The van der Waals surface area contributed by atoms with E-state index in [2.05, 4.69) is 4.74 Å². The molecule has 0 fully saturated rings. The lowest BCUT2D eigenvalue weighted by molar-refractivity contribution is -0.140. The van der Waals surface area contributed by atoms with Crippen LogP contribution in [-0.4, -0.2) is 24.7 Å². The number of aldehydes is 1. The van der Waals surface area contributed by atoms with Crippen molar-refractivity contribution in [3.63, 3.8) is 0 Å². The lowest BCUT2D eigenvalue weighted by Crippen LogP contribution is -2.06. The summed E-state index contributed by atoms with van der Waals surface area (Å²) in [6.45, 7) is 0. The summed E-state index contributed by atoms with van der Waals surface area (Å²) in [4.78, 5) is 20.4. The van der Waals surface area contributed by atoms with E-state index in [0.29, 0.717) is 12.7 Å². The maximum atomic E-state index is 10.4. The molecular formula is C6H9ClO3. The second kappa shape index (κ2) is 5.23. The zero-order valence-electron chi connectivity index (χ0n) is 5.67. The molecule has 0 aromatic rings. The first-order chi connectivity index (χ1) is 4.70. The summed E-state index contributed by atoms with van der Waals surface area (Å²) in [5.74, 6) is -0.340. The van der Waals surface area contributed by atoms with Gasteiger partial charge in [-0.2, -0.15) is 0 Å². The van der Waals surface area contributed by atoms with E-state index in [-0.39, 0.29) is 12.4 Å². The van der Waals surface area contributed by atoms with Crippen molar-refractivity contribution in [1.29, 1.82) is 0 Å². The van der Waals surface area contributed by atoms with Crippen molar-refractivity contribution in [3.8, 4) is 0 Å². The van der Waals surface area contributed by atoms with Crippen LogP contribution >= 0.6 is 11.6 Å². The summed E-state index contributed by atoms with van der Waals surface area (Å²) in [6.07, 6.45) is 1.14. The fraction of sp³-hybridized carbons (Fsp3) is 0.667. The first-order valence-corrected chi connectivity index (χ1v) is 3.30. The van der Waals surface area contributed by atoms with Crippen molar-refractivity contribution >= 4 is 23.9 Å². The molecule has 1 atom stereocenters. The summed E-state index contributed by atoms with van der Waals surface area (Å²) in [7, 11) is 1.30. The van der Waals surface area contributed by atoms with Gasteiger partial charge in [0.1, 0.15) is 6.29 Å². The van der Waals surface area contributed by atoms with Gasteiger partial charge in [0.2, 0.25) is 0 Å². The Kier molecular flexibility index (Phi) is 4.94. The van der Waals surface area contributed by atoms with Gasteiger partial charge in [0.25, 0.3) is 0 Å². The minimum Gasteiger partial charge on any atom is -0.469 e. The Morgan fingerprint density at radius 2 is 2.40 bits per heavy atom.